The normalized spacial score (nSPS) is 23.6. The first-order valence-electron chi connectivity index (χ1n) is 6.72. The second kappa shape index (κ2) is 7.36. The lowest BCUT2D eigenvalue weighted by Crippen LogP contribution is -2.45. The van der Waals surface area contributed by atoms with Crippen LogP contribution in [0.25, 0.3) is 0 Å². The number of oxime groups is 1. The molecule has 1 heterocycles. The summed E-state index contributed by atoms with van der Waals surface area (Å²) in [5.41, 5.74) is 0.839. The average Bonchev–Trinajstić information content (AvgIpc) is 2.28. The van der Waals surface area contributed by atoms with Crippen LogP contribution in [0.5, 0.6) is 0 Å². The number of likely N-dealkylation sites (tertiary alicyclic amines) is 1. The maximum Gasteiger partial charge on any atom is 0.234 e. The van der Waals surface area contributed by atoms with E-state index in [-0.39, 0.29) is 11.8 Å². The number of amides is 1. The summed E-state index contributed by atoms with van der Waals surface area (Å²) < 4.78 is 0. The van der Waals surface area contributed by atoms with E-state index >= 15 is 0 Å². The van der Waals surface area contributed by atoms with Crippen molar-refractivity contribution >= 4 is 11.6 Å². The Balaban J connectivity index is 2.25. The first-order valence-corrected chi connectivity index (χ1v) is 6.72. The molecular formula is C13H25N3O2. The third-order valence-corrected chi connectivity index (χ3v) is 3.32. The van der Waals surface area contributed by atoms with E-state index < -0.39 is 0 Å². The molecule has 1 aliphatic heterocycles. The van der Waals surface area contributed by atoms with Gasteiger partial charge in [0.2, 0.25) is 5.91 Å². The first-order chi connectivity index (χ1) is 8.52. The summed E-state index contributed by atoms with van der Waals surface area (Å²) in [6.07, 6.45) is 1.76. The van der Waals surface area contributed by atoms with Crippen LogP contribution < -0.4 is 5.32 Å². The molecular weight excluding hydrogens is 230 g/mol. The largest absolute Gasteiger partial charge is 0.411 e. The van der Waals surface area contributed by atoms with Crippen LogP contribution in [-0.2, 0) is 4.79 Å². The first kappa shape index (κ1) is 15.0. The molecule has 0 bridgehead atoms. The highest BCUT2D eigenvalue weighted by Crippen LogP contribution is 2.13. The quantitative estimate of drug-likeness (QED) is 0.575. The topological polar surface area (TPSA) is 64.9 Å². The van der Waals surface area contributed by atoms with Crippen LogP contribution in [0.3, 0.4) is 0 Å². The predicted molar refractivity (Wildman–Crippen MR) is 71.9 cm³/mol. The number of nitrogens with one attached hydrogen (secondary N) is 1. The van der Waals surface area contributed by atoms with E-state index in [4.69, 9.17) is 5.21 Å². The molecule has 0 aromatic heterocycles. The number of rotatable bonds is 5. The zero-order chi connectivity index (χ0) is 13.5. The summed E-state index contributed by atoms with van der Waals surface area (Å²) in [6, 6.07) is 0. The number of hydrogen-bond donors (Lipinski definition) is 2. The summed E-state index contributed by atoms with van der Waals surface area (Å²) >= 11 is 0. The predicted octanol–water partition coefficient (Wildman–Crippen LogP) is 1.32. The molecule has 18 heavy (non-hydrogen) atoms. The number of carbonyl (C=O) groups excluding carboxylic acids is 1. The van der Waals surface area contributed by atoms with Gasteiger partial charge in [-0.05, 0) is 12.3 Å². The van der Waals surface area contributed by atoms with Gasteiger partial charge in [-0.15, -0.1) is 0 Å². The van der Waals surface area contributed by atoms with Crippen LogP contribution in [0.4, 0.5) is 0 Å². The van der Waals surface area contributed by atoms with E-state index in [0.717, 1.165) is 38.2 Å². The van der Waals surface area contributed by atoms with Gasteiger partial charge in [-0.2, -0.15) is 0 Å². The Kier molecular flexibility index (Phi) is 6.12. The monoisotopic (exact) mass is 255 g/mol. The summed E-state index contributed by atoms with van der Waals surface area (Å²) in [5.74, 6) is 0.933. The van der Waals surface area contributed by atoms with Crippen molar-refractivity contribution in [1.82, 2.24) is 10.2 Å². The van der Waals surface area contributed by atoms with Crippen molar-refractivity contribution in [3.8, 4) is 0 Å². The van der Waals surface area contributed by atoms with E-state index in [1.807, 2.05) is 6.92 Å². The van der Waals surface area contributed by atoms with Gasteiger partial charge in [-0.1, -0.05) is 25.9 Å². The zero-order valence-electron chi connectivity index (χ0n) is 11.6. The summed E-state index contributed by atoms with van der Waals surface area (Å²) in [5, 5.41) is 15.0. The molecule has 0 spiro atoms. The van der Waals surface area contributed by atoms with Gasteiger partial charge >= 0.3 is 0 Å². The van der Waals surface area contributed by atoms with Gasteiger partial charge in [0.1, 0.15) is 0 Å². The Hall–Kier alpha value is -1.10. The fraction of sp³-hybridized carbons (Fsp3) is 0.846. The summed E-state index contributed by atoms with van der Waals surface area (Å²) in [4.78, 5) is 13.8. The SMILES string of the molecule is CC(C)CCNC(=O)CN1CCC(=NO)C(C)C1. The smallest absolute Gasteiger partial charge is 0.234 e. The minimum atomic E-state index is 0.0900. The minimum Gasteiger partial charge on any atom is -0.411 e. The minimum absolute atomic E-state index is 0.0900. The van der Waals surface area contributed by atoms with Gasteiger partial charge in [0.05, 0.1) is 12.3 Å². The molecule has 1 fully saturated rings. The summed E-state index contributed by atoms with van der Waals surface area (Å²) in [7, 11) is 0. The zero-order valence-corrected chi connectivity index (χ0v) is 11.6. The van der Waals surface area contributed by atoms with Crippen molar-refractivity contribution in [2.75, 3.05) is 26.2 Å². The molecule has 1 rings (SSSR count). The van der Waals surface area contributed by atoms with Crippen LogP contribution >= 0.6 is 0 Å². The Morgan fingerprint density at radius 3 is 2.89 bits per heavy atom. The molecule has 1 atom stereocenters. The molecule has 5 nitrogen and oxygen atoms in total. The van der Waals surface area contributed by atoms with Crippen LogP contribution in [0.15, 0.2) is 5.16 Å². The van der Waals surface area contributed by atoms with Crippen molar-refractivity contribution < 1.29 is 10.0 Å². The number of piperidine rings is 1. The molecule has 0 aromatic rings. The van der Waals surface area contributed by atoms with Crippen LogP contribution in [0, 0.1) is 11.8 Å². The van der Waals surface area contributed by atoms with Gasteiger partial charge in [0.15, 0.2) is 0 Å². The van der Waals surface area contributed by atoms with Crippen LogP contribution in [-0.4, -0.2) is 47.9 Å². The molecule has 0 aromatic carbocycles. The van der Waals surface area contributed by atoms with E-state index in [1.165, 1.54) is 0 Å². The van der Waals surface area contributed by atoms with Gasteiger partial charge in [-0.3, -0.25) is 9.69 Å². The van der Waals surface area contributed by atoms with Crippen molar-refractivity contribution in [1.29, 1.82) is 0 Å². The fourth-order valence-electron chi connectivity index (χ4n) is 2.15. The lowest BCUT2D eigenvalue weighted by Gasteiger charge is -2.30. The number of carbonyl (C=O) groups is 1. The lowest BCUT2D eigenvalue weighted by molar-refractivity contribution is -0.122. The van der Waals surface area contributed by atoms with Gasteiger partial charge < -0.3 is 10.5 Å². The number of nitrogens with zero attached hydrogens (tertiary/aromatic N) is 2. The van der Waals surface area contributed by atoms with Crippen molar-refractivity contribution in [3.05, 3.63) is 0 Å². The van der Waals surface area contributed by atoms with Crippen molar-refractivity contribution in [2.45, 2.75) is 33.6 Å². The molecule has 104 valence electrons. The molecule has 1 saturated heterocycles. The molecule has 0 aliphatic carbocycles. The Bertz CT molecular complexity index is 303. The summed E-state index contributed by atoms with van der Waals surface area (Å²) in [6.45, 7) is 9.10. The lowest BCUT2D eigenvalue weighted by atomic mass is 9.98. The van der Waals surface area contributed by atoms with E-state index in [2.05, 4.69) is 29.2 Å². The standard InChI is InChI=1S/C13H25N3O2/c1-10(2)4-6-14-13(17)9-16-7-5-12(15-18)11(3)8-16/h10-11,18H,4-9H2,1-3H3,(H,14,17). The van der Waals surface area contributed by atoms with Crippen molar-refractivity contribution in [3.63, 3.8) is 0 Å². The van der Waals surface area contributed by atoms with E-state index in [9.17, 15) is 4.79 Å². The van der Waals surface area contributed by atoms with Gasteiger partial charge in [0, 0.05) is 32.0 Å². The fourth-order valence-corrected chi connectivity index (χ4v) is 2.15. The third kappa shape index (κ3) is 5.04. The van der Waals surface area contributed by atoms with Gasteiger partial charge in [-0.25, -0.2) is 0 Å². The molecule has 0 saturated carbocycles. The molecule has 0 radical (unpaired) electrons. The van der Waals surface area contributed by atoms with Crippen LogP contribution in [0.2, 0.25) is 0 Å². The third-order valence-electron chi connectivity index (χ3n) is 3.32. The number of hydrogen-bond acceptors (Lipinski definition) is 4. The molecule has 5 heteroatoms. The van der Waals surface area contributed by atoms with Crippen molar-refractivity contribution in [2.24, 2.45) is 17.0 Å². The highest BCUT2D eigenvalue weighted by molar-refractivity contribution is 5.87. The second-order valence-electron chi connectivity index (χ2n) is 5.51. The van der Waals surface area contributed by atoms with Gasteiger partial charge in [0.25, 0.3) is 0 Å². The van der Waals surface area contributed by atoms with E-state index in [1.54, 1.807) is 0 Å². The Morgan fingerprint density at radius 2 is 2.33 bits per heavy atom. The average molecular weight is 255 g/mol. The molecule has 1 unspecified atom stereocenters. The second-order valence-corrected chi connectivity index (χ2v) is 5.51. The maximum atomic E-state index is 11.7. The molecule has 1 amide bonds. The molecule has 2 N–H and O–H groups in total. The highest BCUT2D eigenvalue weighted by Gasteiger charge is 2.23. The Labute approximate surface area is 109 Å². The van der Waals surface area contributed by atoms with E-state index in [0.29, 0.717) is 12.5 Å². The Morgan fingerprint density at radius 1 is 1.61 bits per heavy atom. The molecule has 1 aliphatic rings. The van der Waals surface area contributed by atoms with Crippen LogP contribution in [0.1, 0.15) is 33.6 Å². The maximum absolute atomic E-state index is 11.7. The highest BCUT2D eigenvalue weighted by atomic mass is 16.4.